The first-order valence-corrected chi connectivity index (χ1v) is 11.3. The number of nitrogens with zero attached hydrogens (tertiary/aromatic N) is 4. The summed E-state index contributed by atoms with van der Waals surface area (Å²) in [7, 11) is 0. The van der Waals surface area contributed by atoms with Gasteiger partial charge in [0.1, 0.15) is 11.6 Å². The Hall–Kier alpha value is -3.42. The minimum absolute atomic E-state index is 0.105. The Kier molecular flexibility index (Phi) is 5.52. The summed E-state index contributed by atoms with van der Waals surface area (Å²) in [6, 6.07) is 18.3. The SMILES string of the molecule is Cc1cc([C@H]2[C@H](c3ccccn3)NC(=S)N2c2cc(Cl)ccc2O)c(C)n1-c1ccccn1. The van der Waals surface area contributed by atoms with Crippen molar-refractivity contribution in [1.29, 1.82) is 0 Å². The van der Waals surface area contributed by atoms with Gasteiger partial charge in [-0.2, -0.15) is 0 Å². The van der Waals surface area contributed by atoms with Gasteiger partial charge >= 0.3 is 0 Å². The number of hydrogen-bond donors (Lipinski definition) is 2. The van der Waals surface area contributed by atoms with Crippen LogP contribution in [0.5, 0.6) is 5.75 Å². The fourth-order valence-electron chi connectivity index (χ4n) is 4.55. The molecule has 5 rings (SSSR count). The summed E-state index contributed by atoms with van der Waals surface area (Å²) in [5.41, 5.74) is 4.55. The molecule has 33 heavy (non-hydrogen) atoms. The molecule has 0 saturated carbocycles. The second kappa shape index (κ2) is 8.50. The molecular weight excluding hydrogens is 454 g/mol. The van der Waals surface area contributed by atoms with Crippen molar-refractivity contribution in [3.63, 3.8) is 0 Å². The molecule has 166 valence electrons. The van der Waals surface area contributed by atoms with Gasteiger partial charge in [0.2, 0.25) is 0 Å². The van der Waals surface area contributed by atoms with Gasteiger partial charge in [0.25, 0.3) is 0 Å². The molecule has 6 nitrogen and oxygen atoms in total. The minimum atomic E-state index is -0.263. The zero-order chi connectivity index (χ0) is 23.1. The number of rotatable bonds is 4. The molecule has 0 spiro atoms. The molecule has 4 heterocycles. The third kappa shape index (κ3) is 3.73. The van der Waals surface area contributed by atoms with Crippen molar-refractivity contribution in [2.45, 2.75) is 25.9 Å². The average molecular weight is 476 g/mol. The number of aryl methyl sites for hydroxylation is 1. The lowest BCUT2D eigenvalue weighted by Crippen LogP contribution is -2.29. The van der Waals surface area contributed by atoms with Crippen LogP contribution in [0.25, 0.3) is 5.82 Å². The number of phenols is 1. The van der Waals surface area contributed by atoms with Crippen molar-refractivity contribution in [3.05, 3.63) is 101 Å². The average Bonchev–Trinajstić information content (AvgIpc) is 3.31. The van der Waals surface area contributed by atoms with Gasteiger partial charge in [-0.1, -0.05) is 23.7 Å². The molecule has 2 N–H and O–H groups in total. The van der Waals surface area contributed by atoms with E-state index in [1.165, 1.54) is 0 Å². The van der Waals surface area contributed by atoms with Crippen LogP contribution in [0, 0.1) is 13.8 Å². The summed E-state index contributed by atoms with van der Waals surface area (Å²) < 4.78 is 2.13. The molecule has 4 aromatic rings. The lowest BCUT2D eigenvalue weighted by atomic mass is 9.96. The van der Waals surface area contributed by atoms with E-state index in [0.717, 1.165) is 28.5 Å². The van der Waals surface area contributed by atoms with Crippen LogP contribution in [0.2, 0.25) is 5.02 Å². The van der Waals surface area contributed by atoms with Crippen molar-refractivity contribution in [2.24, 2.45) is 0 Å². The maximum Gasteiger partial charge on any atom is 0.174 e. The Morgan fingerprint density at radius 3 is 2.45 bits per heavy atom. The Morgan fingerprint density at radius 1 is 1.00 bits per heavy atom. The predicted molar refractivity (Wildman–Crippen MR) is 134 cm³/mol. The van der Waals surface area contributed by atoms with Crippen molar-refractivity contribution in [2.75, 3.05) is 4.90 Å². The highest BCUT2D eigenvalue weighted by molar-refractivity contribution is 7.80. The highest BCUT2D eigenvalue weighted by Gasteiger charge is 2.43. The maximum absolute atomic E-state index is 10.7. The number of phenolic OH excluding ortho intramolecular Hbond substituents is 1. The number of thiocarbonyl (C=S) groups is 1. The minimum Gasteiger partial charge on any atom is -0.506 e. The van der Waals surface area contributed by atoms with Crippen LogP contribution in [0.3, 0.4) is 0 Å². The molecule has 0 amide bonds. The normalized spacial score (nSPS) is 17.9. The molecule has 2 atom stereocenters. The summed E-state index contributed by atoms with van der Waals surface area (Å²) in [6.45, 7) is 4.13. The van der Waals surface area contributed by atoms with Gasteiger partial charge in [0.05, 0.1) is 23.5 Å². The van der Waals surface area contributed by atoms with Crippen LogP contribution < -0.4 is 10.2 Å². The molecule has 3 aromatic heterocycles. The second-order valence-electron chi connectivity index (χ2n) is 7.98. The summed E-state index contributed by atoms with van der Waals surface area (Å²) >= 11 is 12.1. The molecule has 1 fully saturated rings. The fourth-order valence-corrected chi connectivity index (χ4v) is 5.05. The molecule has 1 aromatic carbocycles. The number of nitrogens with one attached hydrogen (secondary N) is 1. The van der Waals surface area contributed by atoms with E-state index in [-0.39, 0.29) is 17.8 Å². The zero-order valence-electron chi connectivity index (χ0n) is 18.1. The van der Waals surface area contributed by atoms with E-state index >= 15 is 0 Å². The smallest absolute Gasteiger partial charge is 0.174 e. The van der Waals surface area contributed by atoms with Gasteiger partial charge in [-0.3, -0.25) is 4.98 Å². The maximum atomic E-state index is 10.7. The van der Waals surface area contributed by atoms with E-state index in [1.54, 1.807) is 30.6 Å². The van der Waals surface area contributed by atoms with Gasteiger partial charge in [-0.15, -0.1) is 0 Å². The Bertz CT molecular complexity index is 1330. The number of aromatic hydroxyl groups is 1. The molecular formula is C25H22ClN5OS. The number of hydrogen-bond acceptors (Lipinski definition) is 4. The van der Waals surface area contributed by atoms with Crippen LogP contribution in [-0.4, -0.2) is 24.8 Å². The summed E-state index contributed by atoms with van der Waals surface area (Å²) in [4.78, 5) is 11.1. The number of anilines is 1. The van der Waals surface area contributed by atoms with Crippen molar-refractivity contribution in [1.82, 2.24) is 19.9 Å². The van der Waals surface area contributed by atoms with Gasteiger partial charge < -0.3 is 19.9 Å². The van der Waals surface area contributed by atoms with Crippen LogP contribution in [0.4, 0.5) is 5.69 Å². The van der Waals surface area contributed by atoms with Gasteiger partial charge in [0.15, 0.2) is 5.11 Å². The zero-order valence-corrected chi connectivity index (χ0v) is 19.7. The third-order valence-corrected chi connectivity index (χ3v) is 6.51. The van der Waals surface area contributed by atoms with E-state index in [2.05, 4.69) is 39.8 Å². The molecule has 1 saturated heterocycles. The van der Waals surface area contributed by atoms with E-state index in [1.807, 2.05) is 41.3 Å². The van der Waals surface area contributed by atoms with Crippen molar-refractivity contribution < 1.29 is 5.11 Å². The van der Waals surface area contributed by atoms with Crippen molar-refractivity contribution >= 4 is 34.6 Å². The van der Waals surface area contributed by atoms with Gasteiger partial charge in [-0.25, -0.2) is 4.98 Å². The lowest BCUT2D eigenvalue weighted by Gasteiger charge is -2.28. The molecule has 0 aliphatic carbocycles. The van der Waals surface area contributed by atoms with Gasteiger partial charge in [0, 0.05) is 28.8 Å². The Labute approximate surface area is 202 Å². The summed E-state index contributed by atoms with van der Waals surface area (Å²) in [5.74, 6) is 0.951. The molecule has 1 aliphatic heterocycles. The molecule has 0 radical (unpaired) electrons. The fraction of sp³-hybridized carbons (Fsp3) is 0.160. The van der Waals surface area contributed by atoms with E-state index in [4.69, 9.17) is 23.8 Å². The Balaban J connectivity index is 1.71. The first-order valence-electron chi connectivity index (χ1n) is 10.5. The number of benzene rings is 1. The van der Waals surface area contributed by atoms with E-state index in [9.17, 15) is 5.11 Å². The van der Waals surface area contributed by atoms with Crippen LogP contribution in [0.1, 0.15) is 34.7 Å². The van der Waals surface area contributed by atoms with E-state index in [0.29, 0.717) is 15.8 Å². The highest BCUT2D eigenvalue weighted by Crippen LogP contribution is 2.46. The highest BCUT2D eigenvalue weighted by atomic mass is 35.5. The van der Waals surface area contributed by atoms with Crippen LogP contribution in [-0.2, 0) is 0 Å². The van der Waals surface area contributed by atoms with Gasteiger partial charge in [-0.05, 0) is 80.2 Å². The van der Waals surface area contributed by atoms with Crippen LogP contribution >= 0.6 is 23.8 Å². The number of pyridine rings is 2. The molecule has 8 heteroatoms. The number of aromatic nitrogens is 3. The van der Waals surface area contributed by atoms with Crippen LogP contribution in [0.15, 0.2) is 73.1 Å². The van der Waals surface area contributed by atoms with Crippen molar-refractivity contribution in [3.8, 4) is 11.6 Å². The standard InChI is InChI=1S/C25H22ClN5OS/c1-15-13-18(16(2)30(15)22-8-4-6-12-28-22)24-23(19-7-3-5-11-27-19)29-25(33)31(24)20-14-17(26)9-10-21(20)32/h3-14,23-24,32H,1-2H3,(H,29,33)/t23-,24-/m0/s1. The quantitative estimate of drug-likeness (QED) is 0.384. The predicted octanol–water partition coefficient (Wildman–Crippen LogP) is 5.42. The summed E-state index contributed by atoms with van der Waals surface area (Å²) in [6.07, 6.45) is 3.56. The summed E-state index contributed by atoms with van der Waals surface area (Å²) in [5, 5.41) is 15.2. The molecule has 0 bridgehead atoms. The largest absolute Gasteiger partial charge is 0.506 e. The Morgan fingerprint density at radius 2 is 1.76 bits per heavy atom. The van der Waals surface area contributed by atoms with E-state index < -0.39 is 0 Å². The monoisotopic (exact) mass is 475 g/mol. The molecule has 1 aliphatic rings. The molecule has 0 unspecified atom stereocenters. The second-order valence-corrected chi connectivity index (χ2v) is 8.80. The first kappa shape index (κ1) is 21.4. The number of halogens is 1. The third-order valence-electron chi connectivity index (χ3n) is 5.96. The topological polar surface area (TPSA) is 66.2 Å². The lowest BCUT2D eigenvalue weighted by molar-refractivity contribution is 0.472. The first-order chi connectivity index (χ1) is 16.0.